The molecule has 0 aliphatic heterocycles. The molecular formula is C19H28N2O4. The highest BCUT2D eigenvalue weighted by Crippen LogP contribution is 2.09. The molecule has 6 heteroatoms. The van der Waals surface area contributed by atoms with E-state index < -0.39 is 12.0 Å². The van der Waals surface area contributed by atoms with Crippen LogP contribution in [0.25, 0.3) is 0 Å². The van der Waals surface area contributed by atoms with Gasteiger partial charge in [-0.3, -0.25) is 14.4 Å². The lowest BCUT2D eigenvalue weighted by Crippen LogP contribution is -2.50. The molecule has 1 atom stereocenters. The van der Waals surface area contributed by atoms with Gasteiger partial charge in [-0.1, -0.05) is 38.5 Å². The Bertz CT molecular complexity index is 599. The van der Waals surface area contributed by atoms with Crippen LogP contribution >= 0.6 is 0 Å². The maximum atomic E-state index is 12.4. The van der Waals surface area contributed by atoms with Crippen molar-refractivity contribution in [1.82, 2.24) is 10.6 Å². The predicted octanol–water partition coefficient (Wildman–Crippen LogP) is 2.51. The van der Waals surface area contributed by atoms with Gasteiger partial charge in [0.15, 0.2) is 0 Å². The molecule has 1 rings (SSSR count). The normalized spacial score (nSPS) is 11.8. The molecule has 0 radical (unpaired) electrons. The van der Waals surface area contributed by atoms with Crippen LogP contribution in [0.2, 0.25) is 0 Å². The van der Waals surface area contributed by atoms with Crippen molar-refractivity contribution < 1.29 is 19.5 Å². The smallest absolute Gasteiger partial charge is 0.303 e. The lowest BCUT2D eigenvalue weighted by molar-refractivity contribution is -0.137. The molecular weight excluding hydrogens is 320 g/mol. The molecule has 0 saturated heterocycles. The summed E-state index contributed by atoms with van der Waals surface area (Å²) in [5, 5.41) is 14.2. The summed E-state index contributed by atoms with van der Waals surface area (Å²) in [5.41, 5.74) is 1.43. The summed E-state index contributed by atoms with van der Waals surface area (Å²) in [6.07, 6.45) is 2.21. The molecule has 1 unspecified atom stereocenters. The zero-order chi connectivity index (χ0) is 18.8. The Hall–Kier alpha value is -2.37. The molecule has 1 aromatic rings. The van der Waals surface area contributed by atoms with Crippen LogP contribution in [0.4, 0.5) is 0 Å². The highest BCUT2D eigenvalue weighted by Gasteiger charge is 2.24. The highest BCUT2D eigenvalue weighted by atomic mass is 16.4. The monoisotopic (exact) mass is 348 g/mol. The molecule has 2 amide bonds. The number of amides is 2. The van der Waals surface area contributed by atoms with Crippen molar-refractivity contribution in [2.45, 2.75) is 52.5 Å². The minimum absolute atomic E-state index is 0.0417. The predicted molar refractivity (Wildman–Crippen MR) is 96.4 cm³/mol. The molecule has 0 spiro atoms. The Morgan fingerprint density at radius 2 is 1.76 bits per heavy atom. The van der Waals surface area contributed by atoms with Crippen molar-refractivity contribution in [3.63, 3.8) is 0 Å². The van der Waals surface area contributed by atoms with E-state index in [1.165, 1.54) is 0 Å². The number of hydrogen-bond donors (Lipinski definition) is 3. The molecule has 0 saturated carbocycles. The minimum Gasteiger partial charge on any atom is -0.481 e. The Morgan fingerprint density at radius 1 is 1.08 bits per heavy atom. The van der Waals surface area contributed by atoms with E-state index in [2.05, 4.69) is 10.6 Å². The molecule has 0 aliphatic carbocycles. The van der Waals surface area contributed by atoms with Crippen LogP contribution in [0.1, 0.15) is 55.5 Å². The number of unbranched alkanes of at least 4 members (excludes halogenated alkanes) is 2. The number of aryl methyl sites for hydroxylation is 1. The number of rotatable bonds is 10. The fourth-order valence-corrected chi connectivity index (χ4v) is 2.48. The number of carbonyl (C=O) groups excluding carboxylic acids is 2. The lowest BCUT2D eigenvalue weighted by Gasteiger charge is -2.22. The third-order valence-electron chi connectivity index (χ3n) is 3.99. The number of carboxylic acid groups (broad SMARTS) is 1. The number of hydrogen-bond acceptors (Lipinski definition) is 3. The van der Waals surface area contributed by atoms with Crippen molar-refractivity contribution in [1.29, 1.82) is 0 Å². The van der Waals surface area contributed by atoms with Gasteiger partial charge in [0.05, 0.1) is 0 Å². The molecule has 3 N–H and O–H groups in total. The average molecular weight is 348 g/mol. The summed E-state index contributed by atoms with van der Waals surface area (Å²) in [6.45, 7) is 6.10. The minimum atomic E-state index is -0.803. The van der Waals surface area contributed by atoms with Crippen LogP contribution in [0.3, 0.4) is 0 Å². The first-order chi connectivity index (χ1) is 11.8. The number of nitrogens with one attached hydrogen (secondary N) is 2. The van der Waals surface area contributed by atoms with Crippen molar-refractivity contribution in [2.75, 3.05) is 6.54 Å². The van der Waals surface area contributed by atoms with Crippen LogP contribution in [0, 0.1) is 12.8 Å². The fourth-order valence-electron chi connectivity index (χ4n) is 2.48. The topological polar surface area (TPSA) is 95.5 Å². The van der Waals surface area contributed by atoms with Crippen LogP contribution in [0.15, 0.2) is 24.3 Å². The van der Waals surface area contributed by atoms with Crippen molar-refractivity contribution >= 4 is 17.8 Å². The summed E-state index contributed by atoms with van der Waals surface area (Å²) >= 11 is 0. The maximum Gasteiger partial charge on any atom is 0.303 e. The van der Waals surface area contributed by atoms with Gasteiger partial charge in [0.2, 0.25) is 5.91 Å². The van der Waals surface area contributed by atoms with E-state index in [1.54, 1.807) is 12.1 Å². The van der Waals surface area contributed by atoms with Crippen molar-refractivity contribution in [3.05, 3.63) is 35.4 Å². The summed E-state index contributed by atoms with van der Waals surface area (Å²) in [7, 11) is 0. The quantitative estimate of drug-likeness (QED) is 0.566. The van der Waals surface area contributed by atoms with Gasteiger partial charge in [-0.2, -0.15) is 0 Å². The van der Waals surface area contributed by atoms with Gasteiger partial charge in [-0.15, -0.1) is 0 Å². The first kappa shape index (κ1) is 20.7. The standard InChI is InChI=1S/C19H28N2O4/c1-13(2)17(19(25)20-12-8-4-5-11-16(22)23)21-18(24)15-10-7-6-9-14(15)3/h6-7,9-10,13,17H,4-5,8,11-12H2,1-3H3,(H,20,25)(H,21,24)(H,22,23). The Labute approximate surface area is 149 Å². The van der Waals surface area contributed by atoms with E-state index in [0.717, 1.165) is 18.4 Å². The van der Waals surface area contributed by atoms with E-state index >= 15 is 0 Å². The van der Waals surface area contributed by atoms with Gasteiger partial charge >= 0.3 is 5.97 Å². The van der Waals surface area contributed by atoms with Gasteiger partial charge in [0.1, 0.15) is 6.04 Å². The van der Waals surface area contributed by atoms with Gasteiger partial charge in [0, 0.05) is 18.5 Å². The van der Waals surface area contributed by atoms with Gasteiger partial charge < -0.3 is 15.7 Å². The zero-order valence-corrected chi connectivity index (χ0v) is 15.2. The van der Waals surface area contributed by atoms with Crippen LogP contribution < -0.4 is 10.6 Å². The molecule has 25 heavy (non-hydrogen) atoms. The molecule has 0 heterocycles. The number of benzene rings is 1. The summed E-state index contributed by atoms with van der Waals surface area (Å²) in [5.74, 6) is -1.31. The van der Waals surface area contributed by atoms with Crippen LogP contribution in [-0.2, 0) is 9.59 Å². The van der Waals surface area contributed by atoms with Gasteiger partial charge in [-0.05, 0) is 37.3 Å². The van der Waals surface area contributed by atoms with E-state index in [4.69, 9.17) is 5.11 Å². The second-order valence-electron chi connectivity index (χ2n) is 6.51. The number of carboxylic acids is 1. The lowest BCUT2D eigenvalue weighted by atomic mass is 10.0. The molecule has 0 bridgehead atoms. The molecule has 0 aromatic heterocycles. The second-order valence-corrected chi connectivity index (χ2v) is 6.51. The van der Waals surface area contributed by atoms with Crippen LogP contribution in [0.5, 0.6) is 0 Å². The second kappa shape index (κ2) is 10.5. The van der Waals surface area contributed by atoms with Gasteiger partial charge in [0.25, 0.3) is 5.91 Å². The third-order valence-corrected chi connectivity index (χ3v) is 3.99. The van der Waals surface area contributed by atoms with Crippen LogP contribution in [-0.4, -0.2) is 35.5 Å². The zero-order valence-electron chi connectivity index (χ0n) is 15.2. The van der Waals surface area contributed by atoms with E-state index in [9.17, 15) is 14.4 Å². The molecule has 0 fully saturated rings. The molecule has 1 aromatic carbocycles. The Balaban J connectivity index is 2.50. The first-order valence-electron chi connectivity index (χ1n) is 8.69. The molecule has 0 aliphatic rings. The van der Waals surface area contributed by atoms with Gasteiger partial charge in [-0.25, -0.2) is 0 Å². The summed E-state index contributed by atoms with van der Waals surface area (Å²) in [4.78, 5) is 35.2. The Kier molecular flexibility index (Phi) is 8.67. The number of carbonyl (C=O) groups is 3. The van der Waals surface area contributed by atoms with E-state index in [0.29, 0.717) is 18.5 Å². The number of aliphatic carboxylic acids is 1. The maximum absolute atomic E-state index is 12.4. The van der Waals surface area contributed by atoms with E-state index in [-0.39, 0.29) is 24.2 Å². The molecule has 6 nitrogen and oxygen atoms in total. The van der Waals surface area contributed by atoms with E-state index in [1.807, 2.05) is 32.9 Å². The first-order valence-corrected chi connectivity index (χ1v) is 8.69. The average Bonchev–Trinajstić information content (AvgIpc) is 2.55. The van der Waals surface area contributed by atoms with Crippen molar-refractivity contribution in [3.8, 4) is 0 Å². The largest absolute Gasteiger partial charge is 0.481 e. The summed E-state index contributed by atoms with van der Waals surface area (Å²) < 4.78 is 0. The third kappa shape index (κ3) is 7.37. The summed E-state index contributed by atoms with van der Waals surface area (Å²) in [6, 6.07) is 6.65. The SMILES string of the molecule is Cc1ccccc1C(=O)NC(C(=O)NCCCCCC(=O)O)C(C)C. The Morgan fingerprint density at radius 3 is 2.36 bits per heavy atom. The fraction of sp³-hybridized carbons (Fsp3) is 0.526. The molecule has 138 valence electrons. The van der Waals surface area contributed by atoms with Crippen molar-refractivity contribution in [2.24, 2.45) is 5.92 Å². The highest BCUT2D eigenvalue weighted by molar-refractivity contribution is 5.98.